The molecule has 1 aromatic rings. The van der Waals surface area contributed by atoms with Gasteiger partial charge < -0.3 is 5.32 Å². The third-order valence-electron chi connectivity index (χ3n) is 3.03. The molecule has 1 amide bonds. The number of amides is 1. The van der Waals surface area contributed by atoms with Crippen molar-refractivity contribution in [3.63, 3.8) is 0 Å². The summed E-state index contributed by atoms with van der Waals surface area (Å²) in [7, 11) is 0. The van der Waals surface area contributed by atoms with Crippen molar-refractivity contribution in [3.05, 3.63) is 22.8 Å². The van der Waals surface area contributed by atoms with Crippen molar-refractivity contribution in [1.82, 2.24) is 4.98 Å². The summed E-state index contributed by atoms with van der Waals surface area (Å²) in [6.07, 6.45) is 2.85. The number of hydrogen-bond donors (Lipinski definition) is 1. The molecule has 5 heteroatoms. The van der Waals surface area contributed by atoms with Crippen LogP contribution in [0.25, 0.3) is 0 Å². The highest BCUT2D eigenvalue weighted by atomic mass is 79.9. The van der Waals surface area contributed by atoms with Crippen LogP contribution in [0.3, 0.4) is 0 Å². The van der Waals surface area contributed by atoms with E-state index in [-0.39, 0.29) is 5.91 Å². The number of aromatic nitrogens is 1. The third-order valence-corrected chi connectivity index (χ3v) is 3.67. The number of carbonyl (C=O) groups is 1. The molecular formula is C12H12BrN3O. The molecule has 1 fully saturated rings. The first-order valence-corrected chi connectivity index (χ1v) is 6.20. The molecule has 17 heavy (non-hydrogen) atoms. The summed E-state index contributed by atoms with van der Waals surface area (Å²) in [4.78, 5) is 16.1. The molecule has 1 saturated carbocycles. The number of pyridine rings is 1. The zero-order valence-corrected chi connectivity index (χ0v) is 11.0. The first-order valence-electron chi connectivity index (χ1n) is 5.40. The van der Waals surface area contributed by atoms with Crippen LogP contribution in [0.1, 0.15) is 19.8 Å². The Balaban J connectivity index is 2.13. The Bertz CT molecular complexity index is 489. The van der Waals surface area contributed by atoms with Crippen molar-refractivity contribution in [2.75, 3.05) is 5.32 Å². The number of nitrogens with one attached hydrogen (secondary N) is 1. The Morgan fingerprint density at radius 1 is 1.71 bits per heavy atom. The first-order chi connectivity index (χ1) is 8.07. The predicted octanol–water partition coefficient (Wildman–Crippen LogP) is 2.72. The number of hydrogen-bond acceptors (Lipinski definition) is 3. The molecule has 1 N–H and O–H groups in total. The van der Waals surface area contributed by atoms with E-state index < -0.39 is 5.41 Å². The second kappa shape index (κ2) is 4.46. The standard InChI is InChI=1S/C12H12BrN3O/c1-8-5-12(6-8,7-14)11(17)16-10-9(13)3-2-4-15-10/h2-4,8H,5-6H2,1H3,(H,15,16,17). The zero-order valence-electron chi connectivity index (χ0n) is 9.40. The van der Waals surface area contributed by atoms with Crippen LogP contribution in [0, 0.1) is 22.7 Å². The lowest BCUT2D eigenvalue weighted by Gasteiger charge is -2.39. The lowest BCUT2D eigenvalue weighted by molar-refractivity contribution is -0.128. The molecule has 0 aromatic carbocycles. The second-order valence-corrected chi connectivity index (χ2v) is 5.35. The zero-order chi connectivity index (χ0) is 12.5. The van der Waals surface area contributed by atoms with E-state index >= 15 is 0 Å². The molecule has 1 aromatic heterocycles. The lowest BCUT2D eigenvalue weighted by atomic mass is 9.63. The fourth-order valence-electron chi connectivity index (χ4n) is 2.16. The van der Waals surface area contributed by atoms with Crippen LogP contribution >= 0.6 is 15.9 Å². The molecule has 0 saturated heterocycles. The molecule has 2 rings (SSSR count). The number of anilines is 1. The van der Waals surface area contributed by atoms with Gasteiger partial charge in [0.05, 0.1) is 10.5 Å². The largest absolute Gasteiger partial charge is 0.308 e. The summed E-state index contributed by atoms with van der Waals surface area (Å²) in [5, 5.41) is 11.8. The summed E-state index contributed by atoms with van der Waals surface area (Å²) in [5.74, 6) is 0.650. The van der Waals surface area contributed by atoms with Crippen LogP contribution in [0.4, 0.5) is 5.82 Å². The summed E-state index contributed by atoms with van der Waals surface area (Å²) in [6, 6.07) is 5.70. The minimum Gasteiger partial charge on any atom is -0.308 e. The van der Waals surface area contributed by atoms with Crippen molar-refractivity contribution in [3.8, 4) is 6.07 Å². The van der Waals surface area contributed by atoms with E-state index in [1.165, 1.54) is 0 Å². The smallest absolute Gasteiger partial charge is 0.246 e. The average molecular weight is 294 g/mol. The highest BCUT2D eigenvalue weighted by molar-refractivity contribution is 9.10. The molecule has 0 atom stereocenters. The van der Waals surface area contributed by atoms with Gasteiger partial charge in [0, 0.05) is 6.20 Å². The molecular weight excluding hydrogens is 282 g/mol. The van der Waals surface area contributed by atoms with Crippen molar-refractivity contribution >= 4 is 27.7 Å². The van der Waals surface area contributed by atoms with Crippen LogP contribution in [-0.2, 0) is 4.79 Å². The maximum Gasteiger partial charge on any atom is 0.246 e. The minimum atomic E-state index is -0.865. The van der Waals surface area contributed by atoms with Crippen LogP contribution in [0.15, 0.2) is 22.8 Å². The Morgan fingerprint density at radius 2 is 2.41 bits per heavy atom. The van der Waals surface area contributed by atoms with Gasteiger partial charge in [0.2, 0.25) is 5.91 Å². The summed E-state index contributed by atoms with van der Waals surface area (Å²) >= 11 is 3.31. The van der Waals surface area contributed by atoms with Crippen molar-refractivity contribution < 1.29 is 4.79 Å². The Hall–Kier alpha value is -1.41. The molecule has 0 unspecified atom stereocenters. The van der Waals surface area contributed by atoms with E-state index in [2.05, 4.69) is 32.3 Å². The van der Waals surface area contributed by atoms with Crippen molar-refractivity contribution in [1.29, 1.82) is 5.26 Å². The Kier molecular flexibility index (Phi) is 3.16. The highest BCUT2D eigenvalue weighted by Crippen LogP contribution is 2.45. The van der Waals surface area contributed by atoms with Gasteiger partial charge in [0.25, 0.3) is 0 Å². The molecule has 0 radical (unpaired) electrons. The quantitative estimate of drug-likeness (QED) is 0.912. The van der Waals surface area contributed by atoms with Gasteiger partial charge in [-0.25, -0.2) is 4.98 Å². The molecule has 1 heterocycles. The lowest BCUT2D eigenvalue weighted by Crippen LogP contribution is -2.45. The van der Waals surface area contributed by atoms with Crippen LogP contribution in [0.2, 0.25) is 0 Å². The topological polar surface area (TPSA) is 65.8 Å². The Morgan fingerprint density at radius 3 is 2.94 bits per heavy atom. The van der Waals surface area contributed by atoms with Crippen LogP contribution in [-0.4, -0.2) is 10.9 Å². The fourth-order valence-corrected chi connectivity index (χ4v) is 2.52. The molecule has 0 aliphatic heterocycles. The Labute approximate surface area is 108 Å². The SMILES string of the molecule is CC1CC(C#N)(C(=O)Nc2ncccc2Br)C1. The number of nitriles is 1. The van der Waals surface area contributed by atoms with Gasteiger partial charge in [-0.15, -0.1) is 0 Å². The molecule has 0 bridgehead atoms. The highest BCUT2D eigenvalue weighted by Gasteiger charge is 2.49. The summed E-state index contributed by atoms with van der Waals surface area (Å²) < 4.78 is 0.716. The van der Waals surface area contributed by atoms with Gasteiger partial charge in [-0.05, 0) is 46.8 Å². The molecule has 1 aliphatic carbocycles. The molecule has 1 aliphatic rings. The maximum absolute atomic E-state index is 12.1. The monoisotopic (exact) mass is 293 g/mol. The molecule has 4 nitrogen and oxygen atoms in total. The van der Waals surface area contributed by atoms with E-state index in [4.69, 9.17) is 5.26 Å². The number of rotatable bonds is 2. The summed E-state index contributed by atoms with van der Waals surface area (Å²) in [5.41, 5.74) is -0.865. The summed E-state index contributed by atoms with van der Waals surface area (Å²) in [6.45, 7) is 2.04. The normalized spacial score (nSPS) is 26.8. The van der Waals surface area contributed by atoms with Crippen molar-refractivity contribution in [2.45, 2.75) is 19.8 Å². The van der Waals surface area contributed by atoms with Gasteiger partial charge >= 0.3 is 0 Å². The van der Waals surface area contributed by atoms with Crippen molar-refractivity contribution in [2.24, 2.45) is 11.3 Å². The average Bonchev–Trinajstić information content (AvgIpc) is 2.27. The predicted molar refractivity (Wildman–Crippen MR) is 67.0 cm³/mol. The van der Waals surface area contributed by atoms with Gasteiger partial charge in [0.15, 0.2) is 0 Å². The number of nitrogens with zero attached hydrogens (tertiary/aromatic N) is 2. The van der Waals surface area contributed by atoms with Crippen LogP contribution < -0.4 is 5.32 Å². The molecule has 0 spiro atoms. The van der Waals surface area contributed by atoms with E-state index in [1.54, 1.807) is 18.3 Å². The van der Waals surface area contributed by atoms with Gasteiger partial charge in [-0.1, -0.05) is 6.92 Å². The van der Waals surface area contributed by atoms with E-state index in [0.29, 0.717) is 29.1 Å². The minimum absolute atomic E-state index is 0.252. The third kappa shape index (κ3) is 2.18. The number of carbonyl (C=O) groups excluding carboxylic acids is 1. The van der Waals surface area contributed by atoms with E-state index in [1.807, 2.05) is 6.92 Å². The second-order valence-electron chi connectivity index (χ2n) is 4.50. The van der Waals surface area contributed by atoms with Gasteiger partial charge in [-0.2, -0.15) is 5.26 Å². The van der Waals surface area contributed by atoms with E-state index in [0.717, 1.165) is 0 Å². The maximum atomic E-state index is 12.1. The molecule has 88 valence electrons. The van der Waals surface area contributed by atoms with E-state index in [9.17, 15) is 4.79 Å². The fraction of sp³-hybridized carbons (Fsp3) is 0.417. The van der Waals surface area contributed by atoms with Gasteiger partial charge in [0.1, 0.15) is 11.2 Å². The number of halogens is 1. The van der Waals surface area contributed by atoms with Gasteiger partial charge in [-0.3, -0.25) is 4.79 Å². The van der Waals surface area contributed by atoms with Crippen LogP contribution in [0.5, 0.6) is 0 Å². The first kappa shape index (κ1) is 12.1.